The van der Waals surface area contributed by atoms with Gasteiger partial charge in [-0.15, -0.1) is 6.58 Å². The summed E-state index contributed by atoms with van der Waals surface area (Å²) in [5, 5.41) is 27.3. The maximum absolute atomic E-state index is 15.3. The van der Waals surface area contributed by atoms with E-state index in [1.807, 2.05) is 62.1 Å². The molecule has 0 aromatic heterocycles. The average molecular weight is 1000 g/mol. The number of hydrogen-bond donors (Lipinski definition) is 2. The molecule has 1 aliphatic heterocycles. The lowest BCUT2D eigenvalue weighted by Crippen LogP contribution is -2.70. The predicted molar refractivity (Wildman–Crippen MR) is 289 cm³/mol. The molecule has 2 aliphatic carbocycles. The van der Waals surface area contributed by atoms with Gasteiger partial charge in [0.2, 0.25) is 5.79 Å². The van der Waals surface area contributed by atoms with Gasteiger partial charge in [0, 0.05) is 36.7 Å². The fraction of sp³-hybridized carbons (Fsp3) is 0.548. The lowest BCUT2D eigenvalue weighted by atomic mass is 9.55. The SMILES string of the molecule is C=CCO[C@@]12Oc3ccc(OCc4ccccc4F)cc3[C@H]3[C@H](CCCCO)[C@@H](CCCCO)C=C(C(=NOC(C)(C)C)C[C@@H]1N(Cc1cccc4ccccc14)C(=O)OCCCCCCCCCCCC)[C@H]32. The van der Waals surface area contributed by atoms with E-state index in [4.69, 9.17) is 28.9 Å². The van der Waals surface area contributed by atoms with Gasteiger partial charge in [-0.25, -0.2) is 9.18 Å². The Morgan fingerprint density at radius 2 is 1.53 bits per heavy atom. The first-order valence-corrected chi connectivity index (χ1v) is 27.5. The van der Waals surface area contributed by atoms with E-state index in [9.17, 15) is 14.6 Å². The van der Waals surface area contributed by atoms with E-state index in [-0.39, 0.29) is 69.6 Å². The van der Waals surface area contributed by atoms with Gasteiger partial charge in [0.1, 0.15) is 35.6 Å². The van der Waals surface area contributed by atoms with E-state index in [1.54, 1.807) is 24.3 Å². The molecule has 0 radical (unpaired) electrons. The molecule has 396 valence electrons. The molecule has 7 rings (SSSR count). The highest BCUT2D eigenvalue weighted by Crippen LogP contribution is 2.62. The first kappa shape index (κ1) is 55.5. The number of unbranched alkanes of at least 4 members (excludes halogenated alkanes) is 11. The Morgan fingerprint density at radius 1 is 0.849 bits per heavy atom. The lowest BCUT2D eigenvalue weighted by Gasteiger charge is -2.60. The Morgan fingerprint density at radius 3 is 2.26 bits per heavy atom. The van der Waals surface area contributed by atoms with Crippen LogP contribution in [0.25, 0.3) is 10.8 Å². The van der Waals surface area contributed by atoms with Crippen LogP contribution >= 0.6 is 0 Å². The highest BCUT2D eigenvalue weighted by molar-refractivity contribution is 6.03. The van der Waals surface area contributed by atoms with Crippen LogP contribution in [0.15, 0.2) is 114 Å². The normalized spacial score (nSPS) is 21.7. The van der Waals surface area contributed by atoms with Gasteiger partial charge in [-0.3, -0.25) is 4.90 Å². The quantitative estimate of drug-likeness (QED) is 0.0314. The van der Waals surface area contributed by atoms with Crippen molar-refractivity contribution in [2.24, 2.45) is 22.9 Å². The van der Waals surface area contributed by atoms with Gasteiger partial charge in [-0.1, -0.05) is 156 Å². The molecule has 3 aliphatic rings. The third kappa shape index (κ3) is 14.3. The van der Waals surface area contributed by atoms with Crippen LogP contribution in [-0.4, -0.2) is 70.8 Å². The van der Waals surface area contributed by atoms with Gasteiger partial charge >= 0.3 is 6.09 Å². The minimum Gasteiger partial charge on any atom is -0.489 e. The first-order chi connectivity index (χ1) is 35.5. The molecule has 1 fully saturated rings. The number of amides is 1. The standard InChI is InChI=1S/C62H83FN2O8/c1-6-8-9-10-11-12-13-14-15-24-39-69-60(68)65(43-47-30-25-29-45-26-16-18-31-50(45)47)57-42-55(64-73-61(3,4)5)52-40-46(27-20-22-36-66)51(32-21-23-37-67)58-53-41-49(70-44-48-28-17-19-33-54(48)63)34-35-56(53)72-62(57,59(52)58)71-38-7-2/h7,16-19,25-26,28-31,33-35,40-41,46,51,57-59,66-67H,2,6,8-15,20-24,27,32,36-39,42-44H2,1,3-5H3/t46-,51+,57-,58+,59+,62+/m0/s1. The molecule has 1 heterocycles. The number of carbonyl (C=O) groups is 1. The smallest absolute Gasteiger partial charge is 0.410 e. The van der Waals surface area contributed by atoms with Crippen LogP contribution in [-0.2, 0) is 27.5 Å². The maximum Gasteiger partial charge on any atom is 0.410 e. The monoisotopic (exact) mass is 1000 g/mol. The third-order valence-corrected chi connectivity index (χ3v) is 15.0. The molecule has 4 aromatic rings. The molecule has 73 heavy (non-hydrogen) atoms. The second-order valence-electron chi connectivity index (χ2n) is 21.4. The van der Waals surface area contributed by atoms with Gasteiger partial charge < -0.3 is 34.0 Å². The number of benzene rings is 4. The Bertz CT molecular complexity index is 2440. The molecular formula is C62H83FN2O8. The number of hydrogen-bond acceptors (Lipinski definition) is 9. The van der Waals surface area contributed by atoms with E-state index in [0.717, 1.165) is 72.4 Å². The first-order valence-electron chi connectivity index (χ1n) is 27.5. The van der Waals surface area contributed by atoms with E-state index in [1.165, 1.54) is 51.0 Å². The second-order valence-corrected chi connectivity index (χ2v) is 21.4. The van der Waals surface area contributed by atoms with Crippen LogP contribution in [0.5, 0.6) is 11.5 Å². The van der Waals surface area contributed by atoms with E-state index in [0.29, 0.717) is 35.6 Å². The molecule has 6 atom stereocenters. The van der Waals surface area contributed by atoms with Crippen LogP contribution in [0.1, 0.15) is 159 Å². The Balaban J connectivity index is 1.36. The summed E-state index contributed by atoms with van der Waals surface area (Å²) in [6.07, 6.45) is 20.0. The number of allylic oxidation sites excluding steroid dienone is 1. The van der Waals surface area contributed by atoms with Crippen LogP contribution in [0, 0.1) is 23.6 Å². The summed E-state index contributed by atoms with van der Waals surface area (Å²) in [5.41, 5.74) is 3.34. The lowest BCUT2D eigenvalue weighted by molar-refractivity contribution is -0.256. The Labute approximate surface area is 435 Å². The third-order valence-electron chi connectivity index (χ3n) is 15.0. The molecule has 4 aromatic carbocycles. The van der Waals surface area contributed by atoms with Gasteiger partial charge in [0.15, 0.2) is 0 Å². The topological polar surface area (TPSA) is 119 Å². The van der Waals surface area contributed by atoms with Crippen molar-refractivity contribution < 1.29 is 43.2 Å². The summed E-state index contributed by atoms with van der Waals surface area (Å²) >= 11 is 0. The Kier molecular flexibility index (Phi) is 20.8. The van der Waals surface area contributed by atoms with Crippen molar-refractivity contribution in [1.82, 2.24) is 4.90 Å². The molecule has 0 bridgehead atoms. The summed E-state index contributed by atoms with van der Waals surface area (Å²) in [6, 6.07) is 26.1. The van der Waals surface area contributed by atoms with Crippen molar-refractivity contribution in [3.05, 3.63) is 132 Å². The molecule has 0 saturated heterocycles. The number of oxime groups is 1. The molecule has 11 heteroatoms. The predicted octanol–water partition coefficient (Wildman–Crippen LogP) is 14.5. The van der Waals surface area contributed by atoms with Crippen LogP contribution in [0.4, 0.5) is 9.18 Å². The van der Waals surface area contributed by atoms with E-state index in [2.05, 4.69) is 43.8 Å². The minimum atomic E-state index is -1.49. The number of fused-ring (bicyclic) bond motifs is 3. The highest BCUT2D eigenvalue weighted by Gasteiger charge is 2.66. The summed E-state index contributed by atoms with van der Waals surface area (Å²) in [6.45, 7) is 13.1. The summed E-state index contributed by atoms with van der Waals surface area (Å²) in [5.74, 6) is -1.40. The fourth-order valence-corrected chi connectivity index (χ4v) is 11.5. The van der Waals surface area contributed by atoms with Crippen LogP contribution in [0.3, 0.4) is 0 Å². The number of carbonyl (C=O) groups excluding carboxylic acids is 1. The Hall–Kier alpha value is -5.23. The second kappa shape index (κ2) is 27.3. The molecular weight excluding hydrogens is 920 g/mol. The van der Waals surface area contributed by atoms with Crippen LogP contribution < -0.4 is 9.47 Å². The van der Waals surface area contributed by atoms with Gasteiger partial charge in [0.25, 0.3) is 0 Å². The maximum atomic E-state index is 15.3. The van der Waals surface area contributed by atoms with Crippen molar-refractivity contribution in [2.75, 3.05) is 26.4 Å². The minimum absolute atomic E-state index is 0.00788. The average Bonchev–Trinajstić information content (AvgIpc) is 3.38. The highest BCUT2D eigenvalue weighted by atomic mass is 19.1. The fourth-order valence-electron chi connectivity index (χ4n) is 11.5. The van der Waals surface area contributed by atoms with Crippen molar-refractivity contribution >= 4 is 22.6 Å². The molecule has 1 saturated carbocycles. The molecule has 10 nitrogen and oxygen atoms in total. The number of halogens is 1. The van der Waals surface area contributed by atoms with E-state index >= 15 is 4.79 Å². The molecule has 0 spiro atoms. The zero-order chi connectivity index (χ0) is 51.6. The van der Waals surface area contributed by atoms with Crippen molar-refractivity contribution in [2.45, 2.75) is 173 Å². The van der Waals surface area contributed by atoms with Crippen LogP contribution in [0.2, 0.25) is 0 Å². The van der Waals surface area contributed by atoms with Crippen molar-refractivity contribution in [3.8, 4) is 11.5 Å². The zero-order valence-electron chi connectivity index (χ0n) is 44.2. The summed E-state index contributed by atoms with van der Waals surface area (Å²) in [7, 11) is 0. The van der Waals surface area contributed by atoms with Gasteiger partial charge in [0.05, 0.1) is 31.4 Å². The van der Waals surface area contributed by atoms with Gasteiger partial charge in [-0.05, 0) is 111 Å². The van der Waals surface area contributed by atoms with E-state index < -0.39 is 29.4 Å². The largest absolute Gasteiger partial charge is 0.489 e. The molecule has 1 amide bonds. The van der Waals surface area contributed by atoms with Gasteiger partial charge in [-0.2, -0.15) is 0 Å². The molecule has 2 N–H and O–H groups in total. The number of aliphatic hydroxyl groups is 2. The number of rotatable bonds is 29. The summed E-state index contributed by atoms with van der Waals surface area (Å²) < 4.78 is 42.5. The van der Waals surface area contributed by atoms with Crippen molar-refractivity contribution in [1.29, 1.82) is 0 Å². The number of aliphatic hydroxyl groups excluding tert-OH is 2. The zero-order valence-corrected chi connectivity index (χ0v) is 44.2. The summed E-state index contributed by atoms with van der Waals surface area (Å²) in [4.78, 5) is 23.5. The number of ether oxygens (including phenoxy) is 4. The number of nitrogens with zero attached hydrogens (tertiary/aromatic N) is 2. The van der Waals surface area contributed by atoms with Crippen molar-refractivity contribution in [3.63, 3.8) is 0 Å². The molecule has 0 unspecified atom stereocenters.